The molecule has 1 aromatic heterocycles. The van der Waals surface area contributed by atoms with Crippen LogP contribution in [0.15, 0.2) is 42.7 Å². The number of likely N-dealkylation sites (N-methyl/N-ethyl adjacent to an activating group) is 1. The molecule has 19 heavy (non-hydrogen) atoms. The fourth-order valence-electron chi connectivity index (χ4n) is 1.97. The predicted molar refractivity (Wildman–Crippen MR) is 82.2 cm³/mol. The van der Waals surface area contributed by atoms with Crippen LogP contribution >= 0.6 is 23.2 Å². The summed E-state index contributed by atoms with van der Waals surface area (Å²) in [6.45, 7) is 0.911. The van der Waals surface area contributed by atoms with Crippen LogP contribution in [0.3, 0.4) is 0 Å². The van der Waals surface area contributed by atoms with Crippen molar-refractivity contribution < 1.29 is 0 Å². The maximum atomic E-state index is 6.06. The van der Waals surface area contributed by atoms with E-state index < -0.39 is 0 Å². The quantitative estimate of drug-likeness (QED) is 0.770. The zero-order valence-electron chi connectivity index (χ0n) is 10.8. The van der Waals surface area contributed by atoms with Crippen LogP contribution in [-0.4, -0.2) is 18.6 Å². The van der Waals surface area contributed by atoms with E-state index >= 15 is 0 Å². The molecule has 2 nitrogen and oxygen atoms in total. The summed E-state index contributed by atoms with van der Waals surface area (Å²) in [4.78, 5) is 6.21. The summed E-state index contributed by atoms with van der Waals surface area (Å²) in [5, 5.41) is 0.736. The highest BCUT2D eigenvalue weighted by Gasteiger charge is 2.08. The van der Waals surface area contributed by atoms with Crippen molar-refractivity contribution in [2.45, 2.75) is 12.3 Å². The van der Waals surface area contributed by atoms with Crippen LogP contribution in [0.4, 0.5) is 5.69 Å². The largest absolute Gasteiger partial charge is 0.374 e. The molecule has 100 valence electrons. The van der Waals surface area contributed by atoms with Crippen LogP contribution in [0.25, 0.3) is 0 Å². The van der Waals surface area contributed by atoms with Gasteiger partial charge in [0.25, 0.3) is 0 Å². The molecule has 1 aromatic carbocycles. The first-order valence-corrected chi connectivity index (χ1v) is 7.06. The average molecular weight is 295 g/mol. The highest BCUT2D eigenvalue weighted by Crippen LogP contribution is 2.25. The number of rotatable bonds is 5. The van der Waals surface area contributed by atoms with Crippen molar-refractivity contribution in [2.75, 3.05) is 18.5 Å². The van der Waals surface area contributed by atoms with E-state index in [4.69, 9.17) is 23.2 Å². The zero-order chi connectivity index (χ0) is 13.7. The van der Waals surface area contributed by atoms with Crippen LogP contribution in [0.1, 0.15) is 11.1 Å². The summed E-state index contributed by atoms with van der Waals surface area (Å²) in [5.74, 6) is 0.492. The molecule has 0 amide bonds. The topological polar surface area (TPSA) is 16.1 Å². The van der Waals surface area contributed by atoms with E-state index in [1.807, 2.05) is 42.7 Å². The second kappa shape index (κ2) is 6.78. The smallest absolute Gasteiger partial charge is 0.0494 e. The summed E-state index contributed by atoms with van der Waals surface area (Å²) in [6.07, 6.45) is 4.60. The summed E-state index contributed by atoms with van der Waals surface area (Å²) in [6, 6.07) is 9.89. The number of hydrogen-bond donors (Lipinski definition) is 0. The maximum absolute atomic E-state index is 6.06. The molecule has 2 rings (SSSR count). The lowest BCUT2D eigenvalue weighted by molar-refractivity contribution is 0.870. The van der Waals surface area contributed by atoms with Crippen molar-refractivity contribution in [1.82, 2.24) is 4.98 Å². The number of pyridine rings is 1. The van der Waals surface area contributed by atoms with Gasteiger partial charge in [-0.1, -0.05) is 17.7 Å². The molecule has 0 fully saturated rings. The maximum Gasteiger partial charge on any atom is 0.0494 e. The normalized spacial score (nSPS) is 10.5. The Bertz CT molecular complexity index is 529. The molecule has 0 atom stereocenters. The average Bonchev–Trinajstić information content (AvgIpc) is 2.46. The number of hydrogen-bond acceptors (Lipinski definition) is 2. The third-order valence-electron chi connectivity index (χ3n) is 3.09. The lowest BCUT2D eigenvalue weighted by Gasteiger charge is -2.22. The Morgan fingerprint density at radius 1 is 1.16 bits per heavy atom. The molecule has 0 aliphatic heterocycles. The van der Waals surface area contributed by atoms with E-state index in [1.54, 1.807) is 0 Å². The number of anilines is 1. The van der Waals surface area contributed by atoms with E-state index in [0.717, 1.165) is 29.2 Å². The van der Waals surface area contributed by atoms with Crippen molar-refractivity contribution in [3.63, 3.8) is 0 Å². The van der Waals surface area contributed by atoms with E-state index in [-0.39, 0.29) is 0 Å². The monoisotopic (exact) mass is 294 g/mol. The summed E-state index contributed by atoms with van der Waals surface area (Å²) >= 11 is 12.0. The standard InChI is InChI=1S/C15H16Cl2N2/c1-19(9-6-12-4-7-18-8-5-12)15-10-14(17)3-2-13(15)11-16/h2-5,7-8,10H,6,9,11H2,1H3. The van der Waals surface area contributed by atoms with E-state index in [9.17, 15) is 0 Å². The molecule has 0 aliphatic carbocycles. The van der Waals surface area contributed by atoms with Crippen LogP contribution in [0, 0.1) is 0 Å². The summed E-state index contributed by atoms with van der Waals surface area (Å²) in [5.41, 5.74) is 3.47. The number of aromatic nitrogens is 1. The molecule has 0 aliphatic rings. The first-order valence-electron chi connectivity index (χ1n) is 6.15. The first kappa shape index (κ1) is 14.2. The Morgan fingerprint density at radius 3 is 2.58 bits per heavy atom. The van der Waals surface area contributed by atoms with Gasteiger partial charge in [0.2, 0.25) is 0 Å². The number of halogens is 2. The van der Waals surface area contributed by atoms with E-state index in [0.29, 0.717) is 5.88 Å². The molecule has 1 heterocycles. The van der Waals surface area contributed by atoms with E-state index in [1.165, 1.54) is 5.56 Å². The van der Waals surface area contributed by atoms with Gasteiger partial charge in [-0.15, -0.1) is 11.6 Å². The molecule has 0 unspecified atom stereocenters. The first-order chi connectivity index (χ1) is 9.20. The minimum Gasteiger partial charge on any atom is -0.374 e. The highest BCUT2D eigenvalue weighted by molar-refractivity contribution is 6.31. The van der Waals surface area contributed by atoms with Gasteiger partial charge < -0.3 is 4.90 Å². The van der Waals surface area contributed by atoms with Crippen molar-refractivity contribution in [1.29, 1.82) is 0 Å². The fourth-order valence-corrected chi connectivity index (χ4v) is 2.36. The van der Waals surface area contributed by atoms with Gasteiger partial charge in [0, 0.05) is 42.6 Å². The van der Waals surface area contributed by atoms with Crippen LogP contribution < -0.4 is 4.90 Å². The fraction of sp³-hybridized carbons (Fsp3) is 0.267. The molecular weight excluding hydrogens is 279 g/mol. The van der Waals surface area contributed by atoms with Crippen LogP contribution in [-0.2, 0) is 12.3 Å². The van der Waals surface area contributed by atoms with Crippen LogP contribution in [0.2, 0.25) is 5.02 Å². The molecular formula is C15H16Cl2N2. The summed E-state index contributed by atoms with van der Waals surface area (Å²) in [7, 11) is 2.06. The van der Waals surface area contributed by atoms with E-state index in [2.05, 4.69) is 16.9 Å². The minimum absolute atomic E-state index is 0.492. The molecule has 0 spiro atoms. The predicted octanol–water partition coefficient (Wildman–Crippen LogP) is 4.15. The number of benzene rings is 1. The lowest BCUT2D eigenvalue weighted by Crippen LogP contribution is -2.21. The Kier molecular flexibility index (Phi) is 5.06. The summed E-state index contributed by atoms with van der Waals surface area (Å²) < 4.78 is 0. The van der Waals surface area contributed by atoms with Gasteiger partial charge in [-0.25, -0.2) is 0 Å². The van der Waals surface area contributed by atoms with Gasteiger partial charge in [0.05, 0.1) is 0 Å². The highest BCUT2D eigenvalue weighted by atomic mass is 35.5. The van der Waals surface area contributed by atoms with Crippen molar-refractivity contribution in [2.24, 2.45) is 0 Å². The van der Waals surface area contributed by atoms with Gasteiger partial charge in [0.1, 0.15) is 0 Å². The van der Waals surface area contributed by atoms with Gasteiger partial charge >= 0.3 is 0 Å². The SMILES string of the molecule is CN(CCc1ccncc1)c1cc(Cl)ccc1CCl. The van der Waals surface area contributed by atoms with Gasteiger partial charge in [0.15, 0.2) is 0 Å². The molecule has 0 saturated heterocycles. The van der Waals surface area contributed by atoms with Crippen LogP contribution in [0.5, 0.6) is 0 Å². The third-order valence-corrected chi connectivity index (χ3v) is 3.61. The Morgan fingerprint density at radius 2 is 1.89 bits per heavy atom. The van der Waals surface area contributed by atoms with Crippen molar-refractivity contribution in [3.05, 3.63) is 58.9 Å². The second-order valence-corrected chi connectivity index (χ2v) is 5.14. The third kappa shape index (κ3) is 3.85. The Hall–Kier alpha value is -1.25. The van der Waals surface area contributed by atoms with Gasteiger partial charge in [-0.05, 0) is 41.8 Å². The minimum atomic E-state index is 0.492. The van der Waals surface area contributed by atoms with Crippen molar-refractivity contribution in [3.8, 4) is 0 Å². The second-order valence-electron chi connectivity index (χ2n) is 4.43. The van der Waals surface area contributed by atoms with Crippen molar-refractivity contribution >= 4 is 28.9 Å². The van der Waals surface area contributed by atoms with Gasteiger partial charge in [-0.3, -0.25) is 4.98 Å². The lowest BCUT2D eigenvalue weighted by atomic mass is 10.1. The molecule has 0 N–H and O–H groups in total. The molecule has 0 saturated carbocycles. The molecule has 4 heteroatoms. The zero-order valence-corrected chi connectivity index (χ0v) is 12.3. The molecule has 0 radical (unpaired) electrons. The number of alkyl halides is 1. The molecule has 0 bridgehead atoms. The Labute approximate surface area is 124 Å². The van der Waals surface area contributed by atoms with Gasteiger partial charge in [-0.2, -0.15) is 0 Å². The number of nitrogens with zero attached hydrogens (tertiary/aromatic N) is 2. The molecule has 2 aromatic rings. The Balaban J connectivity index is 2.07.